The number of imidazole rings is 1. The van der Waals surface area contributed by atoms with Gasteiger partial charge in [-0.15, -0.1) is 0 Å². The van der Waals surface area contributed by atoms with Gasteiger partial charge in [-0.1, -0.05) is 0 Å². The number of esters is 1. The molecule has 0 amide bonds. The summed E-state index contributed by atoms with van der Waals surface area (Å²) >= 11 is 0. The molecule has 3 heterocycles. The molecule has 1 atom stereocenters. The summed E-state index contributed by atoms with van der Waals surface area (Å²) in [5.74, 6) is -0.599. The lowest BCUT2D eigenvalue weighted by molar-refractivity contribution is -0.156. The molecule has 1 N–H and O–H groups in total. The van der Waals surface area contributed by atoms with Crippen molar-refractivity contribution >= 4 is 33.1 Å². The van der Waals surface area contributed by atoms with Crippen LogP contribution in [0, 0.1) is 0 Å². The van der Waals surface area contributed by atoms with E-state index in [0.29, 0.717) is 30.2 Å². The summed E-state index contributed by atoms with van der Waals surface area (Å²) in [7, 11) is -5.88. The van der Waals surface area contributed by atoms with Gasteiger partial charge in [-0.2, -0.15) is 21.6 Å². The first-order chi connectivity index (χ1) is 15.8. The monoisotopic (exact) mass is 502 g/mol. The van der Waals surface area contributed by atoms with Crippen LogP contribution in [0.3, 0.4) is 0 Å². The number of nitrogens with zero attached hydrogens (tertiary/aromatic N) is 3. The smallest absolute Gasteiger partial charge is 0.458 e. The fraction of sp³-hybridized carbons (Fsp3) is 0.450. The molecule has 1 aromatic carbocycles. The number of aromatic amines is 1. The van der Waals surface area contributed by atoms with Crippen molar-refractivity contribution in [3.05, 3.63) is 24.7 Å². The largest absolute Gasteiger partial charge is 0.534 e. The van der Waals surface area contributed by atoms with Crippen molar-refractivity contribution < 1.29 is 39.7 Å². The Labute approximate surface area is 192 Å². The number of anilines is 1. The molecule has 0 bridgehead atoms. The number of carbonyl (C=O) groups excluding carboxylic acids is 1. The molecule has 0 aliphatic carbocycles. The van der Waals surface area contributed by atoms with Crippen LogP contribution < -0.4 is 9.08 Å². The fourth-order valence-corrected chi connectivity index (χ4v) is 4.07. The van der Waals surface area contributed by atoms with Gasteiger partial charge in [0.2, 0.25) is 5.95 Å². The molecule has 1 aliphatic heterocycles. The zero-order chi connectivity index (χ0) is 24.9. The van der Waals surface area contributed by atoms with E-state index in [0.717, 1.165) is 18.9 Å². The second-order valence-corrected chi connectivity index (χ2v) is 10.2. The van der Waals surface area contributed by atoms with Crippen LogP contribution in [-0.2, 0) is 19.6 Å². The quantitative estimate of drug-likeness (QED) is 0.315. The Bertz CT molecular complexity index is 1330. The Kier molecular flexibility index (Phi) is 5.74. The van der Waals surface area contributed by atoms with Crippen LogP contribution in [0.5, 0.6) is 5.75 Å². The van der Waals surface area contributed by atoms with E-state index in [1.807, 2.05) is 0 Å². The van der Waals surface area contributed by atoms with E-state index in [2.05, 4.69) is 19.1 Å². The standard InChI is InChI=1S/C20H21F3N4O6S/c1-19(2,3)32-17(28)13-5-4-8-27(13)18-24-9-12(26-18)11-6-7-14(15-16(11)31-10-25-15)33-34(29,30)20(21,22)23/h6-7,9-10,13H,4-5,8H2,1-3H3,(H,24,26). The number of H-pyrrole nitrogens is 1. The molecule has 4 rings (SSSR count). The number of aromatic nitrogens is 3. The van der Waals surface area contributed by atoms with Crippen LogP contribution in [0.2, 0.25) is 0 Å². The van der Waals surface area contributed by atoms with Crippen LogP contribution >= 0.6 is 0 Å². The van der Waals surface area contributed by atoms with Crippen LogP contribution in [0.4, 0.5) is 19.1 Å². The van der Waals surface area contributed by atoms with Gasteiger partial charge in [0, 0.05) is 12.1 Å². The summed E-state index contributed by atoms with van der Waals surface area (Å²) in [4.78, 5) is 25.6. The van der Waals surface area contributed by atoms with Gasteiger partial charge < -0.3 is 23.2 Å². The number of ether oxygens (including phenoxy) is 1. The lowest BCUT2D eigenvalue weighted by Crippen LogP contribution is -2.41. The summed E-state index contributed by atoms with van der Waals surface area (Å²) in [6, 6.07) is 1.84. The zero-order valence-electron chi connectivity index (χ0n) is 18.3. The minimum atomic E-state index is -5.88. The molecule has 1 saturated heterocycles. The number of oxazole rings is 1. The molecule has 1 aliphatic rings. The second-order valence-electron chi connectivity index (χ2n) is 8.63. The lowest BCUT2D eigenvalue weighted by atomic mass is 10.1. The molecule has 1 fully saturated rings. The molecule has 10 nitrogen and oxygen atoms in total. The van der Waals surface area contributed by atoms with Crippen molar-refractivity contribution in [1.82, 2.24) is 15.0 Å². The van der Waals surface area contributed by atoms with Gasteiger partial charge in [-0.3, -0.25) is 0 Å². The molecule has 3 aromatic rings. The Morgan fingerprint density at radius 1 is 1.24 bits per heavy atom. The third-order valence-electron chi connectivity index (χ3n) is 4.99. The van der Waals surface area contributed by atoms with E-state index in [4.69, 9.17) is 9.15 Å². The van der Waals surface area contributed by atoms with Gasteiger partial charge in [0.05, 0.1) is 11.9 Å². The predicted octanol–water partition coefficient (Wildman–Crippen LogP) is 3.76. The molecule has 0 radical (unpaired) electrons. The van der Waals surface area contributed by atoms with E-state index in [-0.39, 0.29) is 17.1 Å². The number of hydrogen-bond donors (Lipinski definition) is 1. The Balaban J connectivity index is 1.63. The van der Waals surface area contributed by atoms with Crippen molar-refractivity contribution in [2.24, 2.45) is 0 Å². The third-order valence-corrected chi connectivity index (χ3v) is 5.95. The molecule has 34 heavy (non-hydrogen) atoms. The SMILES string of the molecule is CC(C)(C)OC(=O)C1CCCN1c1ncc(-c2ccc(OS(=O)(=O)C(F)(F)F)c3ncoc23)[nH]1. The van der Waals surface area contributed by atoms with E-state index in [1.165, 1.54) is 12.3 Å². The van der Waals surface area contributed by atoms with Gasteiger partial charge in [0.15, 0.2) is 23.2 Å². The molecule has 0 saturated carbocycles. The maximum absolute atomic E-state index is 12.7. The first kappa shape index (κ1) is 23.9. The molecule has 184 valence electrons. The van der Waals surface area contributed by atoms with Gasteiger partial charge in [-0.25, -0.2) is 14.8 Å². The van der Waals surface area contributed by atoms with Crippen molar-refractivity contribution in [2.75, 3.05) is 11.4 Å². The van der Waals surface area contributed by atoms with Gasteiger partial charge >= 0.3 is 21.6 Å². The lowest BCUT2D eigenvalue weighted by Gasteiger charge is -2.27. The Morgan fingerprint density at radius 3 is 2.65 bits per heavy atom. The van der Waals surface area contributed by atoms with Gasteiger partial charge in [-0.05, 0) is 45.7 Å². The van der Waals surface area contributed by atoms with Crippen molar-refractivity contribution in [1.29, 1.82) is 0 Å². The Morgan fingerprint density at radius 2 is 1.97 bits per heavy atom. The highest BCUT2D eigenvalue weighted by Gasteiger charge is 2.49. The number of fused-ring (bicyclic) bond motifs is 1. The topological polar surface area (TPSA) is 128 Å². The van der Waals surface area contributed by atoms with E-state index in [1.54, 1.807) is 25.7 Å². The van der Waals surface area contributed by atoms with Crippen molar-refractivity contribution in [3.8, 4) is 17.0 Å². The average molecular weight is 502 g/mol. The summed E-state index contributed by atoms with van der Waals surface area (Å²) < 4.78 is 76.0. The number of rotatable bonds is 5. The summed E-state index contributed by atoms with van der Waals surface area (Å²) in [5, 5.41) is 0. The maximum Gasteiger partial charge on any atom is 0.534 e. The minimum Gasteiger partial charge on any atom is -0.458 e. The molecule has 14 heteroatoms. The normalized spacial score (nSPS) is 17.4. The number of hydrogen-bond acceptors (Lipinski definition) is 9. The Hall–Kier alpha value is -3.29. The summed E-state index contributed by atoms with van der Waals surface area (Å²) in [6.45, 7) is 5.91. The number of halogens is 3. The zero-order valence-corrected chi connectivity index (χ0v) is 19.2. The van der Waals surface area contributed by atoms with Crippen LogP contribution in [0.15, 0.2) is 29.1 Å². The van der Waals surface area contributed by atoms with Crippen LogP contribution in [-0.4, -0.2) is 53.0 Å². The number of alkyl halides is 3. The van der Waals surface area contributed by atoms with Crippen molar-refractivity contribution in [2.45, 2.75) is 50.8 Å². The van der Waals surface area contributed by atoms with Crippen molar-refractivity contribution in [3.63, 3.8) is 0 Å². The van der Waals surface area contributed by atoms with Crippen LogP contribution in [0.1, 0.15) is 33.6 Å². The summed E-state index contributed by atoms with van der Waals surface area (Å²) in [5.41, 5.74) is -5.68. The van der Waals surface area contributed by atoms with E-state index in [9.17, 15) is 26.4 Å². The van der Waals surface area contributed by atoms with Gasteiger partial charge in [0.1, 0.15) is 11.6 Å². The third kappa shape index (κ3) is 4.54. The van der Waals surface area contributed by atoms with E-state index >= 15 is 0 Å². The minimum absolute atomic E-state index is 0.00445. The number of nitrogens with one attached hydrogen (secondary N) is 1. The highest BCUT2D eigenvalue weighted by Crippen LogP contribution is 2.37. The van der Waals surface area contributed by atoms with E-state index < -0.39 is 33.0 Å². The highest BCUT2D eigenvalue weighted by molar-refractivity contribution is 7.88. The molecule has 2 aromatic heterocycles. The average Bonchev–Trinajstić information content (AvgIpc) is 3.45. The molecule has 1 unspecified atom stereocenters. The first-order valence-electron chi connectivity index (χ1n) is 10.2. The first-order valence-corrected chi connectivity index (χ1v) is 11.6. The molecular weight excluding hydrogens is 481 g/mol. The molecular formula is C20H21F3N4O6S. The summed E-state index contributed by atoms with van der Waals surface area (Å²) in [6.07, 6.45) is 3.77. The highest BCUT2D eigenvalue weighted by atomic mass is 32.2. The predicted molar refractivity (Wildman–Crippen MR) is 113 cm³/mol. The second kappa shape index (κ2) is 8.18. The molecule has 0 spiro atoms. The van der Waals surface area contributed by atoms with Crippen LogP contribution in [0.25, 0.3) is 22.4 Å². The number of benzene rings is 1. The van der Waals surface area contributed by atoms with Gasteiger partial charge in [0.25, 0.3) is 0 Å². The fourth-order valence-electron chi connectivity index (χ4n) is 3.60. The number of carbonyl (C=O) groups is 1. The maximum atomic E-state index is 12.7.